The summed E-state index contributed by atoms with van der Waals surface area (Å²) in [4.78, 5) is 22.7. The monoisotopic (exact) mass is 464 g/mol. The Morgan fingerprint density at radius 1 is 1.42 bits per heavy atom. The van der Waals surface area contributed by atoms with Crippen molar-refractivity contribution in [1.82, 2.24) is 19.3 Å². The van der Waals surface area contributed by atoms with Crippen molar-refractivity contribution in [1.29, 1.82) is 0 Å². The van der Waals surface area contributed by atoms with Gasteiger partial charge in [-0.05, 0) is 43.6 Å². The van der Waals surface area contributed by atoms with Crippen molar-refractivity contribution < 1.29 is 14.3 Å². The maximum Gasteiger partial charge on any atom is 0.410 e. The van der Waals surface area contributed by atoms with E-state index in [-0.39, 0.29) is 23.8 Å². The molecular weight excluding hydrogens is 447 g/mol. The summed E-state index contributed by atoms with van der Waals surface area (Å²) < 4.78 is 13.6. The molecule has 1 aliphatic heterocycles. The van der Waals surface area contributed by atoms with Crippen LogP contribution >= 0.6 is 39.1 Å². The number of rotatable bonds is 1. The Morgan fingerprint density at radius 2 is 2.12 bits per heavy atom. The van der Waals surface area contributed by atoms with Gasteiger partial charge in [-0.25, -0.2) is 14.8 Å². The number of morpholine rings is 1. The van der Waals surface area contributed by atoms with Crippen LogP contribution in [0.15, 0.2) is 10.8 Å². The number of carbonyl (C=O) groups is 1. The molecule has 2 aromatic heterocycles. The van der Waals surface area contributed by atoms with Gasteiger partial charge in [0.15, 0.2) is 5.15 Å². The molecule has 0 N–H and O–H groups in total. The van der Waals surface area contributed by atoms with Gasteiger partial charge >= 0.3 is 6.09 Å². The summed E-state index contributed by atoms with van der Waals surface area (Å²) >= 11 is 15.9. The average Bonchev–Trinajstić information content (AvgIpc) is 2.88. The fraction of sp³-hybridized carbons (Fsp3) is 0.562. The van der Waals surface area contributed by atoms with Crippen molar-refractivity contribution in [2.24, 2.45) is 0 Å². The molecular formula is C16H19BrCl2N4O3. The number of aromatic nitrogens is 3. The van der Waals surface area contributed by atoms with Gasteiger partial charge in [-0.2, -0.15) is 0 Å². The summed E-state index contributed by atoms with van der Waals surface area (Å²) in [7, 11) is 0. The molecule has 26 heavy (non-hydrogen) atoms. The Hall–Kier alpha value is -1.09. The first kappa shape index (κ1) is 19.7. The normalized spacial score (nSPS) is 21.3. The Bertz CT molecular complexity index is 852. The van der Waals surface area contributed by atoms with Crippen LogP contribution < -0.4 is 0 Å². The molecule has 0 radical (unpaired) electrons. The number of carbonyl (C=O) groups excluding carboxylic acids is 1. The lowest BCUT2D eigenvalue weighted by Gasteiger charge is -2.38. The molecule has 0 saturated carbocycles. The van der Waals surface area contributed by atoms with E-state index in [2.05, 4.69) is 25.9 Å². The third kappa shape index (κ3) is 3.78. The maximum absolute atomic E-state index is 12.5. The lowest BCUT2D eigenvalue weighted by molar-refractivity contribution is -0.0698. The first-order valence-electron chi connectivity index (χ1n) is 8.07. The molecule has 2 aromatic rings. The predicted octanol–water partition coefficient (Wildman–Crippen LogP) is 4.50. The molecule has 3 rings (SSSR count). The van der Waals surface area contributed by atoms with E-state index >= 15 is 0 Å². The van der Waals surface area contributed by atoms with Crippen LogP contribution in [0.2, 0.25) is 10.3 Å². The summed E-state index contributed by atoms with van der Waals surface area (Å²) in [6.45, 7) is 8.06. The Balaban J connectivity index is 1.95. The van der Waals surface area contributed by atoms with Crippen LogP contribution in [0.4, 0.5) is 4.79 Å². The molecule has 1 saturated heterocycles. The molecule has 0 bridgehead atoms. The summed E-state index contributed by atoms with van der Waals surface area (Å²) in [5, 5.41) is 0.622. The minimum Gasteiger partial charge on any atom is -0.444 e. The van der Waals surface area contributed by atoms with E-state index in [1.807, 2.05) is 27.7 Å². The number of imidazole rings is 1. The minimum absolute atomic E-state index is 0.114. The number of amides is 1. The van der Waals surface area contributed by atoms with Crippen LogP contribution in [0, 0.1) is 0 Å². The van der Waals surface area contributed by atoms with E-state index in [1.54, 1.807) is 9.30 Å². The Labute approximate surface area is 169 Å². The van der Waals surface area contributed by atoms with Crippen LogP contribution in [-0.2, 0) is 9.47 Å². The molecule has 1 amide bonds. The highest BCUT2D eigenvalue weighted by atomic mass is 79.9. The van der Waals surface area contributed by atoms with Crippen molar-refractivity contribution >= 4 is 50.7 Å². The largest absolute Gasteiger partial charge is 0.444 e. The minimum atomic E-state index is -0.573. The van der Waals surface area contributed by atoms with Gasteiger partial charge in [-0.3, -0.25) is 4.40 Å². The van der Waals surface area contributed by atoms with Crippen LogP contribution in [0.1, 0.15) is 39.6 Å². The van der Waals surface area contributed by atoms with Gasteiger partial charge in [0, 0.05) is 0 Å². The number of nitrogens with zero attached hydrogens (tertiary/aromatic N) is 4. The molecule has 2 atom stereocenters. The van der Waals surface area contributed by atoms with Gasteiger partial charge in [0.25, 0.3) is 0 Å². The summed E-state index contributed by atoms with van der Waals surface area (Å²) in [6, 6.07) is -0.114. The zero-order chi connectivity index (χ0) is 19.2. The molecule has 0 aromatic carbocycles. The number of hydrogen-bond acceptors (Lipinski definition) is 5. The van der Waals surface area contributed by atoms with Crippen LogP contribution in [0.3, 0.4) is 0 Å². The molecule has 10 heteroatoms. The Morgan fingerprint density at radius 3 is 2.77 bits per heavy atom. The van der Waals surface area contributed by atoms with Gasteiger partial charge in [-0.15, -0.1) is 0 Å². The molecule has 0 spiro atoms. The molecule has 1 fully saturated rings. The van der Waals surface area contributed by atoms with E-state index < -0.39 is 11.7 Å². The van der Waals surface area contributed by atoms with Gasteiger partial charge in [-0.1, -0.05) is 23.2 Å². The maximum atomic E-state index is 12.5. The van der Waals surface area contributed by atoms with Gasteiger partial charge in [0.1, 0.15) is 32.8 Å². The summed E-state index contributed by atoms with van der Waals surface area (Å²) in [6.07, 6.45) is 0.587. The van der Waals surface area contributed by atoms with Crippen molar-refractivity contribution in [3.05, 3.63) is 26.9 Å². The van der Waals surface area contributed by atoms with Gasteiger partial charge in [0.2, 0.25) is 0 Å². The smallest absolute Gasteiger partial charge is 0.410 e. The fourth-order valence-corrected chi connectivity index (χ4v) is 3.84. The lowest BCUT2D eigenvalue weighted by Crippen LogP contribution is -2.50. The van der Waals surface area contributed by atoms with Crippen LogP contribution in [0.5, 0.6) is 0 Å². The SMILES string of the molecule is C[C@H]1CO[C@@H](c2nc(Br)c3c(Cl)ncc(Cl)n23)CN1C(=O)OC(C)(C)C. The highest BCUT2D eigenvalue weighted by molar-refractivity contribution is 9.10. The predicted molar refractivity (Wildman–Crippen MR) is 102 cm³/mol. The summed E-state index contributed by atoms with van der Waals surface area (Å²) in [5.74, 6) is 0.543. The third-order valence-corrected chi connectivity index (χ3v) is 5.00. The summed E-state index contributed by atoms with van der Waals surface area (Å²) in [5.41, 5.74) is -0.0175. The number of ether oxygens (including phenoxy) is 2. The van der Waals surface area contributed by atoms with Crippen molar-refractivity contribution in [2.75, 3.05) is 13.2 Å². The fourth-order valence-electron chi connectivity index (χ4n) is 2.74. The first-order chi connectivity index (χ1) is 12.1. The van der Waals surface area contributed by atoms with Crippen LogP contribution in [-0.4, -0.2) is 50.2 Å². The van der Waals surface area contributed by atoms with Crippen molar-refractivity contribution in [3.8, 4) is 0 Å². The van der Waals surface area contributed by atoms with Crippen molar-refractivity contribution in [2.45, 2.75) is 45.4 Å². The van der Waals surface area contributed by atoms with E-state index in [1.165, 1.54) is 6.20 Å². The Kier molecular flexibility index (Phi) is 5.40. The molecule has 3 heterocycles. The van der Waals surface area contributed by atoms with Crippen LogP contribution in [0.25, 0.3) is 5.52 Å². The van der Waals surface area contributed by atoms with Crippen molar-refractivity contribution in [3.63, 3.8) is 0 Å². The standard InChI is InChI=1S/C16H19BrCl2N4O3/c1-8-7-25-9(6-22(8)15(24)26-16(2,3)4)14-21-12(17)11-13(19)20-5-10(18)23(11)14/h5,8-9H,6-7H2,1-4H3/t8-,9+/m0/s1. The molecule has 1 aliphatic rings. The number of hydrogen-bond donors (Lipinski definition) is 0. The zero-order valence-corrected chi connectivity index (χ0v) is 17.9. The van der Waals surface area contributed by atoms with E-state index in [0.29, 0.717) is 27.7 Å². The molecule has 142 valence electrons. The molecule has 7 nitrogen and oxygen atoms in total. The number of halogens is 3. The third-order valence-electron chi connectivity index (χ3n) is 3.90. The molecule has 0 unspecified atom stereocenters. The van der Waals surface area contributed by atoms with Gasteiger partial charge in [0.05, 0.1) is 25.4 Å². The average molecular weight is 466 g/mol. The van der Waals surface area contributed by atoms with E-state index in [9.17, 15) is 4.79 Å². The highest BCUT2D eigenvalue weighted by Crippen LogP contribution is 2.33. The molecule has 0 aliphatic carbocycles. The second-order valence-electron chi connectivity index (χ2n) is 7.12. The van der Waals surface area contributed by atoms with E-state index in [0.717, 1.165) is 0 Å². The second kappa shape index (κ2) is 7.14. The topological polar surface area (TPSA) is 69.0 Å². The quantitative estimate of drug-likeness (QED) is 0.620. The number of fused-ring (bicyclic) bond motifs is 1. The first-order valence-corrected chi connectivity index (χ1v) is 9.62. The highest BCUT2D eigenvalue weighted by Gasteiger charge is 2.36. The van der Waals surface area contributed by atoms with Gasteiger partial charge < -0.3 is 14.4 Å². The van der Waals surface area contributed by atoms with E-state index in [4.69, 9.17) is 32.7 Å². The lowest BCUT2D eigenvalue weighted by atomic mass is 10.2. The zero-order valence-electron chi connectivity index (χ0n) is 14.8. The second-order valence-corrected chi connectivity index (χ2v) is 8.62.